The number of carboxylic acids is 1. The van der Waals surface area contributed by atoms with Gasteiger partial charge in [0.15, 0.2) is 0 Å². The minimum absolute atomic E-state index is 0.106. The van der Waals surface area contributed by atoms with Crippen molar-refractivity contribution in [2.45, 2.75) is 33.2 Å². The van der Waals surface area contributed by atoms with Crippen LogP contribution in [0, 0.1) is 5.92 Å². The fourth-order valence-corrected chi connectivity index (χ4v) is 2.63. The van der Waals surface area contributed by atoms with Gasteiger partial charge in [-0.2, -0.15) is 0 Å². The van der Waals surface area contributed by atoms with Crippen LogP contribution in [-0.4, -0.2) is 33.7 Å². The monoisotopic (exact) mass is 243 g/mol. The number of rotatable bonds is 4. The van der Waals surface area contributed by atoms with E-state index in [1.165, 1.54) is 16.7 Å². The number of carbonyl (C=O) groups excluding carboxylic acids is 1. The number of thioether (sulfide) groups is 1. The summed E-state index contributed by atoms with van der Waals surface area (Å²) in [6.07, 6.45) is 0.426. The molecule has 5 heteroatoms. The summed E-state index contributed by atoms with van der Waals surface area (Å²) >= 11 is 1.44. The maximum Gasteiger partial charge on any atom is 0.326 e. The van der Waals surface area contributed by atoms with Crippen molar-refractivity contribution in [3.05, 3.63) is 11.1 Å². The molecule has 0 fully saturated rings. The Bertz CT molecular complexity index is 325. The first kappa shape index (κ1) is 13.1. The van der Waals surface area contributed by atoms with Crippen LogP contribution < -0.4 is 0 Å². The van der Waals surface area contributed by atoms with Crippen molar-refractivity contribution in [3.63, 3.8) is 0 Å². The maximum absolute atomic E-state index is 11.8. The average Bonchev–Trinajstić information content (AvgIpc) is 2.20. The molecular weight excluding hydrogens is 226 g/mol. The van der Waals surface area contributed by atoms with Crippen LogP contribution in [0.3, 0.4) is 0 Å². The average molecular weight is 243 g/mol. The quantitative estimate of drug-likeness (QED) is 0.819. The van der Waals surface area contributed by atoms with Gasteiger partial charge in [0.25, 0.3) is 0 Å². The zero-order valence-corrected chi connectivity index (χ0v) is 10.6. The molecule has 1 amide bonds. The first-order valence-electron chi connectivity index (χ1n) is 5.35. The van der Waals surface area contributed by atoms with Gasteiger partial charge in [-0.25, -0.2) is 4.79 Å². The Hall–Kier alpha value is -0.970. The SMILES string of the molecule is CCC(C(=O)O)N1C(=O)CSC=C1C(C)C. The van der Waals surface area contributed by atoms with Gasteiger partial charge in [0.05, 0.1) is 5.75 Å². The lowest BCUT2D eigenvalue weighted by atomic mass is 10.1. The third kappa shape index (κ3) is 2.58. The van der Waals surface area contributed by atoms with E-state index >= 15 is 0 Å². The van der Waals surface area contributed by atoms with Gasteiger partial charge < -0.3 is 10.0 Å². The molecule has 0 aromatic heterocycles. The first-order valence-corrected chi connectivity index (χ1v) is 6.40. The number of allylic oxidation sites excluding steroid dienone is 1. The molecule has 0 saturated heterocycles. The summed E-state index contributed by atoms with van der Waals surface area (Å²) in [7, 11) is 0. The van der Waals surface area contributed by atoms with Crippen molar-refractivity contribution in [1.29, 1.82) is 0 Å². The molecule has 0 spiro atoms. The highest BCUT2D eigenvalue weighted by atomic mass is 32.2. The predicted octanol–water partition coefficient (Wildman–Crippen LogP) is 1.92. The van der Waals surface area contributed by atoms with E-state index in [-0.39, 0.29) is 11.8 Å². The lowest BCUT2D eigenvalue weighted by molar-refractivity contribution is -0.148. The zero-order valence-electron chi connectivity index (χ0n) is 9.77. The second-order valence-electron chi connectivity index (χ2n) is 4.03. The molecule has 4 nitrogen and oxygen atoms in total. The van der Waals surface area contributed by atoms with Crippen LogP contribution in [-0.2, 0) is 9.59 Å². The Morgan fingerprint density at radius 3 is 2.69 bits per heavy atom. The molecule has 90 valence electrons. The second kappa shape index (κ2) is 5.39. The summed E-state index contributed by atoms with van der Waals surface area (Å²) in [4.78, 5) is 24.4. The Labute approximate surface area is 99.7 Å². The van der Waals surface area contributed by atoms with Gasteiger partial charge in [0.2, 0.25) is 5.91 Å². The predicted molar refractivity (Wildman–Crippen MR) is 63.9 cm³/mol. The summed E-state index contributed by atoms with van der Waals surface area (Å²) in [6, 6.07) is -0.734. The Morgan fingerprint density at radius 2 is 2.25 bits per heavy atom. The summed E-state index contributed by atoms with van der Waals surface area (Å²) in [5.41, 5.74) is 0.815. The standard InChI is InChI=1S/C11H17NO3S/c1-4-8(11(14)15)12-9(7(2)3)5-16-6-10(12)13/h5,7-8H,4,6H2,1-3H3,(H,14,15). The molecule has 1 unspecified atom stereocenters. The van der Waals surface area contributed by atoms with E-state index in [1.54, 1.807) is 6.92 Å². The molecule has 1 atom stereocenters. The third-order valence-corrected chi connectivity index (χ3v) is 3.35. The van der Waals surface area contributed by atoms with Gasteiger partial charge in [0, 0.05) is 5.70 Å². The van der Waals surface area contributed by atoms with Crippen molar-refractivity contribution in [1.82, 2.24) is 4.90 Å². The minimum Gasteiger partial charge on any atom is -0.480 e. The highest BCUT2D eigenvalue weighted by Gasteiger charge is 2.33. The number of carbonyl (C=O) groups is 2. The lowest BCUT2D eigenvalue weighted by Gasteiger charge is -2.34. The second-order valence-corrected chi connectivity index (χ2v) is 4.89. The van der Waals surface area contributed by atoms with Crippen molar-refractivity contribution in [2.75, 3.05) is 5.75 Å². The molecule has 0 aromatic rings. The van der Waals surface area contributed by atoms with Crippen molar-refractivity contribution >= 4 is 23.6 Å². The number of hydrogen-bond donors (Lipinski definition) is 1. The summed E-state index contributed by atoms with van der Waals surface area (Å²) < 4.78 is 0. The number of carboxylic acid groups (broad SMARTS) is 1. The van der Waals surface area contributed by atoms with Crippen LogP contribution in [0.15, 0.2) is 11.1 Å². The highest BCUT2D eigenvalue weighted by molar-refractivity contribution is 8.02. The fraction of sp³-hybridized carbons (Fsp3) is 0.636. The van der Waals surface area contributed by atoms with Gasteiger partial charge in [0.1, 0.15) is 6.04 Å². The number of nitrogens with zero attached hydrogens (tertiary/aromatic N) is 1. The lowest BCUT2D eigenvalue weighted by Crippen LogP contribution is -2.47. The first-order chi connectivity index (χ1) is 7.49. The van der Waals surface area contributed by atoms with Gasteiger partial charge in [-0.15, -0.1) is 11.8 Å². The highest BCUT2D eigenvalue weighted by Crippen LogP contribution is 2.28. The van der Waals surface area contributed by atoms with Crippen LogP contribution in [0.1, 0.15) is 27.2 Å². The van der Waals surface area contributed by atoms with E-state index in [4.69, 9.17) is 5.11 Å². The maximum atomic E-state index is 11.8. The summed E-state index contributed by atoms with van der Waals surface area (Å²) in [5.74, 6) is -0.551. The number of hydrogen-bond acceptors (Lipinski definition) is 3. The topological polar surface area (TPSA) is 57.6 Å². The van der Waals surface area contributed by atoms with E-state index in [0.717, 1.165) is 5.70 Å². The smallest absolute Gasteiger partial charge is 0.326 e. The van der Waals surface area contributed by atoms with Crippen LogP contribution in [0.4, 0.5) is 0 Å². The van der Waals surface area contributed by atoms with Crippen molar-refractivity contribution in [2.24, 2.45) is 5.92 Å². The van der Waals surface area contributed by atoms with E-state index < -0.39 is 12.0 Å². The van der Waals surface area contributed by atoms with E-state index in [9.17, 15) is 9.59 Å². The molecule has 1 heterocycles. The molecule has 1 rings (SSSR count). The Balaban J connectivity index is 3.04. The molecule has 0 bridgehead atoms. The molecule has 0 aromatic carbocycles. The molecular formula is C11H17NO3S. The zero-order chi connectivity index (χ0) is 12.3. The number of amides is 1. The molecule has 1 aliphatic heterocycles. The van der Waals surface area contributed by atoms with Crippen LogP contribution in [0.2, 0.25) is 0 Å². The van der Waals surface area contributed by atoms with Crippen molar-refractivity contribution < 1.29 is 14.7 Å². The molecule has 0 saturated carbocycles. The molecule has 16 heavy (non-hydrogen) atoms. The van der Waals surface area contributed by atoms with Gasteiger partial charge in [-0.05, 0) is 17.7 Å². The van der Waals surface area contributed by atoms with Gasteiger partial charge in [-0.1, -0.05) is 20.8 Å². The van der Waals surface area contributed by atoms with Gasteiger partial charge >= 0.3 is 5.97 Å². The normalized spacial score (nSPS) is 18.6. The van der Waals surface area contributed by atoms with E-state index in [0.29, 0.717) is 12.2 Å². The van der Waals surface area contributed by atoms with Crippen LogP contribution in [0.25, 0.3) is 0 Å². The van der Waals surface area contributed by atoms with Crippen LogP contribution in [0.5, 0.6) is 0 Å². The van der Waals surface area contributed by atoms with Crippen molar-refractivity contribution in [3.8, 4) is 0 Å². The van der Waals surface area contributed by atoms with Gasteiger partial charge in [-0.3, -0.25) is 4.79 Å². The summed E-state index contributed by atoms with van der Waals surface area (Å²) in [6.45, 7) is 5.71. The minimum atomic E-state index is -0.936. The molecule has 1 aliphatic rings. The molecule has 0 radical (unpaired) electrons. The fourth-order valence-electron chi connectivity index (χ4n) is 1.70. The Morgan fingerprint density at radius 1 is 1.62 bits per heavy atom. The largest absolute Gasteiger partial charge is 0.480 e. The Kier molecular flexibility index (Phi) is 4.41. The van der Waals surface area contributed by atoms with E-state index in [1.807, 2.05) is 19.3 Å². The summed E-state index contributed by atoms with van der Waals surface area (Å²) in [5, 5.41) is 11.0. The number of aliphatic carboxylic acids is 1. The molecule has 0 aliphatic carbocycles. The molecule has 1 N–H and O–H groups in total. The van der Waals surface area contributed by atoms with E-state index in [2.05, 4.69) is 0 Å². The van der Waals surface area contributed by atoms with Crippen LogP contribution >= 0.6 is 11.8 Å². The third-order valence-electron chi connectivity index (χ3n) is 2.53.